The summed E-state index contributed by atoms with van der Waals surface area (Å²) in [6.07, 6.45) is 1.46. The van der Waals surface area contributed by atoms with Crippen LogP contribution in [0.25, 0.3) is 10.9 Å². The van der Waals surface area contributed by atoms with Gasteiger partial charge in [-0.15, -0.1) is 0 Å². The third-order valence-corrected chi connectivity index (χ3v) is 3.02. The predicted molar refractivity (Wildman–Crippen MR) is 79.8 cm³/mol. The third-order valence-electron chi connectivity index (χ3n) is 3.02. The van der Waals surface area contributed by atoms with E-state index in [-0.39, 0.29) is 11.7 Å². The molecule has 0 saturated carbocycles. The second kappa shape index (κ2) is 5.58. The molecule has 4 nitrogen and oxygen atoms in total. The number of fused-ring (bicyclic) bond motifs is 1. The monoisotopic (exact) mass is 281 g/mol. The summed E-state index contributed by atoms with van der Waals surface area (Å²) in [7, 11) is 0. The van der Waals surface area contributed by atoms with Crippen molar-refractivity contribution in [1.29, 1.82) is 0 Å². The van der Waals surface area contributed by atoms with Gasteiger partial charge >= 0.3 is 0 Å². The first-order valence-electron chi connectivity index (χ1n) is 6.39. The number of hydrazone groups is 1. The van der Waals surface area contributed by atoms with E-state index < -0.39 is 0 Å². The van der Waals surface area contributed by atoms with E-state index in [0.29, 0.717) is 11.3 Å². The Bertz CT molecular complexity index is 773. The van der Waals surface area contributed by atoms with Gasteiger partial charge in [0.05, 0.1) is 6.21 Å². The molecule has 0 radical (unpaired) electrons. The Balaban J connectivity index is 1.70. The molecule has 0 bridgehead atoms. The van der Waals surface area contributed by atoms with Gasteiger partial charge in [0.1, 0.15) is 11.5 Å². The lowest BCUT2D eigenvalue weighted by atomic mass is 10.2. The van der Waals surface area contributed by atoms with Crippen molar-refractivity contribution in [2.45, 2.75) is 0 Å². The molecule has 0 spiro atoms. The summed E-state index contributed by atoms with van der Waals surface area (Å²) < 4.78 is 12.7. The van der Waals surface area contributed by atoms with Gasteiger partial charge in [-0.3, -0.25) is 4.79 Å². The summed E-state index contributed by atoms with van der Waals surface area (Å²) in [5, 5.41) is 4.81. The van der Waals surface area contributed by atoms with Crippen LogP contribution in [-0.4, -0.2) is 17.1 Å². The van der Waals surface area contributed by atoms with E-state index in [1.165, 1.54) is 18.3 Å². The van der Waals surface area contributed by atoms with E-state index >= 15 is 0 Å². The Hall–Kier alpha value is -2.95. The maximum atomic E-state index is 12.7. The molecule has 0 aliphatic heterocycles. The van der Waals surface area contributed by atoms with Gasteiger partial charge in [-0.25, -0.2) is 9.82 Å². The normalized spacial score (nSPS) is 11.1. The molecular formula is C16H12FN3O. The van der Waals surface area contributed by atoms with Crippen LogP contribution in [0.3, 0.4) is 0 Å². The Morgan fingerprint density at radius 3 is 2.67 bits per heavy atom. The van der Waals surface area contributed by atoms with Crippen molar-refractivity contribution in [3.63, 3.8) is 0 Å². The average Bonchev–Trinajstić information content (AvgIpc) is 2.93. The number of aromatic amines is 1. The van der Waals surface area contributed by atoms with Gasteiger partial charge < -0.3 is 4.98 Å². The lowest BCUT2D eigenvalue weighted by Crippen LogP contribution is -2.17. The molecule has 0 saturated heterocycles. The van der Waals surface area contributed by atoms with Crippen molar-refractivity contribution in [3.05, 3.63) is 71.7 Å². The van der Waals surface area contributed by atoms with Gasteiger partial charge in [0.25, 0.3) is 5.91 Å². The molecule has 0 atom stereocenters. The van der Waals surface area contributed by atoms with Crippen molar-refractivity contribution in [2.75, 3.05) is 0 Å². The van der Waals surface area contributed by atoms with Crippen LogP contribution in [0.15, 0.2) is 59.7 Å². The zero-order chi connectivity index (χ0) is 14.7. The molecule has 0 aliphatic carbocycles. The number of carbonyl (C=O) groups excluding carboxylic acids is 1. The summed E-state index contributed by atoms with van der Waals surface area (Å²) in [5.41, 5.74) is 4.46. The van der Waals surface area contributed by atoms with Gasteiger partial charge in [0.2, 0.25) is 0 Å². The van der Waals surface area contributed by atoms with Crippen molar-refractivity contribution >= 4 is 23.0 Å². The fourth-order valence-electron chi connectivity index (χ4n) is 1.97. The molecule has 104 valence electrons. The number of carbonyl (C=O) groups is 1. The maximum Gasteiger partial charge on any atom is 0.287 e. The van der Waals surface area contributed by atoms with Crippen LogP contribution in [0.5, 0.6) is 0 Å². The highest BCUT2D eigenvalue weighted by molar-refractivity contribution is 5.98. The second-order valence-electron chi connectivity index (χ2n) is 4.52. The SMILES string of the molecule is O=C(NN=Cc1ccc(F)cc1)c1cc2ccccc2[nH]1. The zero-order valence-corrected chi connectivity index (χ0v) is 11.0. The van der Waals surface area contributed by atoms with E-state index in [1.54, 1.807) is 18.2 Å². The van der Waals surface area contributed by atoms with Crippen LogP contribution < -0.4 is 5.43 Å². The minimum absolute atomic E-state index is 0.311. The highest BCUT2D eigenvalue weighted by atomic mass is 19.1. The number of hydrogen-bond donors (Lipinski definition) is 2. The number of amides is 1. The summed E-state index contributed by atoms with van der Waals surface area (Å²) in [6.45, 7) is 0. The third kappa shape index (κ3) is 2.97. The van der Waals surface area contributed by atoms with Crippen molar-refractivity contribution < 1.29 is 9.18 Å². The number of nitrogens with one attached hydrogen (secondary N) is 2. The minimum Gasteiger partial charge on any atom is -0.350 e. The molecule has 2 aromatic carbocycles. The largest absolute Gasteiger partial charge is 0.350 e. The molecule has 0 fully saturated rings. The smallest absolute Gasteiger partial charge is 0.287 e. The van der Waals surface area contributed by atoms with Crippen LogP contribution in [0.4, 0.5) is 4.39 Å². The molecule has 3 rings (SSSR count). The summed E-state index contributed by atoms with van der Waals surface area (Å²) in [4.78, 5) is 15.0. The van der Waals surface area contributed by atoms with E-state index in [0.717, 1.165) is 10.9 Å². The summed E-state index contributed by atoms with van der Waals surface area (Å²) in [6, 6.07) is 15.2. The van der Waals surface area contributed by atoms with Crippen LogP contribution in [0.1, 0.15) is 16.1 Å². The van der Waals surface area contributed by atoms with Gasteiger partial charge in [0.15, 0.2) is 0 Å². The van der Waals surface area contributed by atoms with Crippen LogP contribution in [-0.2, 0) is 0 Å². The van der Waals surface area contributed by atoms with Crippen LogP contribution in [0, 0.1) is 5.82 Å². The Kier molecular flexibility index (Phi) is 3.47. The fraction of sp³-hybridized carbons (Fsp3) is 0. The standard InChI is InChI=1S/C16H12FN3O/c17-13-7-5-11(6-8-13)10-18-20-16(21)15-9-12-3-1-2-4-14(12)19-15/h1-10,19H,(H,20,21). The van der Waals surface area contributed by atoms with E-state index in [1.807, 2.05) is 24.3 Å². The molecule has 1 amide bonds. The highest BCUT2D eigenvalue weighted by Gasteiger charge is 2.07. The van der Waals surface area contributed by atoms with Gasteiger partial charge in [-0.2, -0.15) is 5.10 Å². The molecular weight excluding hydrogens is 269 g/mol. The molecule has 3 aromatic rings. The van der Waals surface area contributed by atoms with Gasteiger partial charge in [0, 0.05) is 10.9 Å². The number of benzene rings is 2. The second-order valence-corrected chi connectivity index (χ2v) is 4.52. The molecule has 1 heterocycles. The molecule has 0 unspecified atom stereocenters. The number of halogens is 1. The quantitative estimate of drug-likeness (QED) is 0.562. The highest BCUT2D eigenvalue weighted by Crippen LogP contribution is 2.14. The zero-order valence-electron chi connectivity index (χ0n) is 11.0. The lowest BCUT2D eigenvalue weighted by Gasteiger charge is -1.96. The van der Waals surface area contributed by atoms with Gasteiger partial charge in [-0.05, 0) is 29.8 Å². The molecule has 2 N–H and O–H groups in total. The molecule has 0 aliphatic rings. The summed E-state index contributed by atoms with van der Waals surface area (Å²) >= 11 is 0. The Labute approximate surface area is 120 Å². The predicted octanol–water partition coefficient (Wildman–Crippen LogP) is 3.07. The average molecular weight is 281 g/mol. The minimum atomic E-state index is -0.329. The topological polar surface area (TPSA) is 57.2 Å². The lowest BCUT2D eigenvalue weighted by molar-refractivity contribution is 0.0951. The molecule has 21 heavy (non-hydrogen) atoms. The van der Waals surface area contributed by atoms with E-state index in [9.17, 15) is 9.18 Å². The number of para-hydroxylation sites is 1. The number of rotatable bonds is 3. The Morgan fingerprint density at radius 1 is 1.14 bits per heavy atom. The van der Waals surface area contributed by atoms with Crippen molar-refractivity contribution in [2.24, 2.45) is 5.10 Å². The number of H-pyrrole nitrogens is 1. The van der Waals surface area contributed by atoms with E-state index in [2.05, 4.69) is 15.5 Å². The molecule has 1 aromatic heterocycles. The number of nitrogens with zero attached hydrogens (tertiary/aromatic N) is 1. The van der Waals surface area contributed by atoms with Crippen molar-refractivity contribution in [3.8, 4) is 0 Å². The Morgan fingerprint density at radius 2 is 1.90 bits per heavy atom. The first-order valence-corrected chi connectivity index (χ1v) is 6.39. The van der Waals surface area contributed by atoms with E-state index in [4.69, 9.17) is 0 Å². The number of aromatic nitrogens is 1. The fourth-order valence-corrected chi connectivity index (χ4v) is 1.97. The summed E-state index contributed by atoms with van der Waals surface area (Å²) in [5.74, 6) is -0.640. The first kappa shape index (κ1) is 13.1. The maximum absolute atomic E-state index is 12.7. The van der Waals surface area contributed by atoms with Crippen LogP contribution >= 0.6 is 0 Å². The van der Waals surface area contributed by atoms with Gasteiger partial charge in [-0.1, -0.05) is 30.3 Å². The molecule has 5 heteroatoms. The van der Waals surface area contributed by atoms with Crippen molar-refractivity contribution in [1.82, 2.24) is 10.4 Å². The first-order chi connectivity index (χ1) is 10.2. The van der Waals surface area contributed by atoms with Crippen LogP contribution in [0.2, 0.25) is 0 Å². The number of hydrogen-bond acceptors (Lipinski definition) is 2.